The lowest BCUT2D eigenvalue weighted by Gasteiger charge is -2.18. The number of methoxy groups -OCH3 is 1. The van der Waals surface area contributed by atoms with Gasteiger partial charge in [0.05, 0.1) is 19.0 Å². The fourth-order valence-electron chi connectivity index (χ4n) is 2.62. The molecule has 1 fully saturated rings. The number of hydrogen-bond donors (Lipinski definition) is 1. The first kappa shape index (κ1) is 17.1. The number of nitrogens with zero attached hydrogens (tertiary/aromatic N) is 3. The Labute approximate surface area is 131 Å². The van der Waals surface area contributed by atoms with Crippen molar-refractivity contribution < 1.29 is 18.3 Å². The first-order chi connectivity index (χ1) is 10.3. The molecule has 0 radical (unpaired) electrons. The summed E-state index contributed by atoms with van der Waals surface area (Å²) in [4.78, 5) is 6.17. The van der Waals surface area contributed by atoms with Crippen LogP contribution in [-0.4, -0.2) is 73.9 Å². The molecule has 0 aromatic carbocycles. The number of aliphatic hydroxyl groups is 1. The van der Waals surface area contributed by atoms with Crippen molar-refractivity contribution in [3.05, 3.63) is 23.9 Å². The van der Waals surface area contributed by atoms with Crippen molar-refractivity contribution in [3.63, 3.8) is 0 Å². The molecule has 1 saturated heterocycles. The molecule has 124 valence electrons. The van der Waals surface area contributed by atoms with E-state index in [0.717, 1.165) is 5.56 Å². The Morgan fingerprint density at radius 2 is 2.18 bits per heavy atom. The molecule has 0 saturated carbocycles. The molecular weight excluding hydrogens is 306 g/mol. The number of sulfonamides is 1. The average molecular weight is 329 g/mol. The average Bonchev–Trinajstić information content (AvgIpc) is 2.78. The molecule has 0 aliphatic carbocycles. The van der Waals surface area contributed by atoms with Crippen LogP contribution >= 0.6 is 0 Å². The fraction of sp³-hybridized carbons (Fsp3) is 0.643. The van der Waals surface area contributed by atoms with Gasteiger partial charge in [0.2, 0.25) is 15.9 Å². The number of pyridine rings is 1. The van der Waals surface area contributed by atoms with Crippen LogP contribution in [0.5, 0.6) is 5.88 Å². The number of aromatic nitrogens is 1. The van der Waals surface area contributed by atoms with E-state index >= 15 is 0 Å². The quantitative estimate of drug-likeness (QED) is 0.776. The van der Waals surface area contributed by atoms with Gasteiger partial charge >= 0.3 is 0 Å². The number of likely N-dealkylation sites (tertiary alicyclic amines) is 1. The number of rotatable bonds is 6. The third-order valence-electron chi connectivity index (χ3n) is 3.90. The zero-order valence-corrected chi connectivity index (χ0v) is 14.0. The number of aliphatic hydroxyl groups excluding tert-OH is 1. The van der Waals surface area contributed by atoms with Crippen LogP contribution < -0.4 is 4.74 Å². The van der Waals surface area contributed by atoms with Gasteiger partial charge in [-0.3, -0.25) is 4.90 Å². The van der Waals surface area contributed by atoms with Crippen LogP contribution in [0.15, 0.2) is 18.3 Å². The molecule has 2 atom stereocenters. The molecule has 0 bridgehead atoms. The van der Waals surface area contributed by atoms with E-state index in [4.69, 9.17) is 4.74 Å². The van der Waals surface area contributed by atoms with Crippen LogP contribution in [0.1, 0.15) is 5.56 Å². The first-order valence-corrected chi connectivity index (χ1v) is 8.73. The maximum Gasteiger partial charge on any atom is 0.217 e. The van der Waals surface area contributed by atoms with E-state index in [1.165, 1.54) is 18.4 Å². The lowest BCUT2D eigenvalue weighted by molar-refractivity contribution is 0.148. The lowest BCUT2D eigenvalue weighted by Crippen LogP contribution is -2.33. The zero-order chi connectivity index (χ0) is 16.3. The molecule has 1 aromatic heterocycles. The SMILES string of the molecule is COc1ncccc1CN1C[C@@H](CS(=O)(=O)N(C)C)[C@H](O)C1. The molecule has 1 aromatic rings. The van der Waals surface area contributed by atoms with Gasteiger partial charge in [-0.15, -0.1) is 0 Å². The Morgan fingerprint density at radius 3 is 2.82 bits per heavy atom. The third kappa shape index (κ3) is 3.95. The van der Waals surface area contributed by atoms with Crippen LogP contribution in [0.25, 0.3) is 0 Å². The summed E-state index contributed by atoms with van der Waals surface area (Å²) in [6.07, 6.45) is 1.02. The molecular formula is C14H23N3O4S. The van der Waals surface area contributed by atoms with Crippen molar-refractivity contribution in [3.8, 4) is 5.88 Å². The Morgan fingerprint density at radius 1 is 1.45 bits per heavy atom. The number of β-amino-alcohol motifs (C(OH)–C–C–N with tert-alkyl or cyclic N) is 1. The van der Waals surface area contributed by atoms with Gasteiger partial charge in [0.25, 0.3) is 0 Å². The predicted molar refractivity (Wildman–Crippen MR) is 83.0 cm³/mol. The van der Waals surface area contributed by atoms with Crippen LogP contribution in [0.4, 0.5) is 0 Å². The normalized spacial score (nSPS) is 23.1. The molecule has 1 N–H and O–H groups in total. The maximum absolute atomic E-state index is 12.0. The molecule has 8 heteroatoms. The molecule has 2 rings (SSSR count). The molecule has 0 spiro atoms. The molecule has 0 unspecified atom stereocenters. The summed E-state index contributed by atoms with van der Waals surface area (Å²) < 4.78 is 30.3. The third-order valence-corrected chi connectivity index (χ3v) is 5.86. The van der Waals surface area contributed by atoms with E-state index in [1.54, 1.807) is 13.3 Å². The molecule has 2 heterocycles. The Balaban J connectivity index is 2.02. The maximum atomic E-state index is 12.0. The number of hydrogen-bond acceptors (Lipinski definition) is 6. The van der Waals surface area contributed by atoms with Crippen LogP contribution in [0, 0.1) is 5.92 Å². The summed E-state index contributed by atoms with van der Waals surface area (Å²) >= 11 is 0. The van der Waals surface area contributed by atoms with E-state index in [2.05, 4.69) is 4.98 Å². The highest BCUT2D eigenvalue weighted by Crippen LogP contribution is 2.24. The van der Waals surface area contributed by atoms with Gasteiger partial charge in [-0.25, -0.2) is 17.7 Å². The molecule has 7 nitrogen and oxygen atoms in total. The summed E-state index contributed by atoms with van der Waals surface area (Å²) in [5.74, 6) is 0.235. The van der Waals surface area contributed by atoms with Gasteiger partial charge < -0.3 is 9.84 Å². The van der Waals surface area contributed by atoms with Crippen molar-refractivity contribution in [1.29, 1.82) is 0 Å². The highest BCUT2D eigenvalue weighted by Gasteiger charge is 2.35. The first-order valence-electron chi connectivity index (χ1n) is 7.12. The molecule has 1 aliphatic heterocycles. The van der Waals surface area contributed by atoms with Crippen LogP contribution in [0.3, 0.4) is 0 Å². The standard InChI is InChI=1S/C14H23N3O4S/c1-16(2)22(19,20)10-12-8-17(9-13(12)18)7-11-5-4-6-15-14(11)21-3/h4-6,12-13,18H,7-10H2,1-3H3/t12-,13+/m0/s1. The van der Waals surface area contributed by atoms with Crippen molar-refractivity contribution in [2.45, 2.75) is 12.6 Å². The van der Waals surface area contributed by atoms with E-state index < -0.39 is 16.1 Å². The van der Waals surface area contributed by atoms with E-state index in [0.29, 0.717) is 25.5 Å². The lowest BCUT2D eigenvalue weighted by atomic mass is 10.1. The fourth-order valence-corrected chi connectivity index (χ4v) is 3.79. The largest absolute Gasteiger partial charge is 0.481 e. The second kappa shape index (κ2) is 6.91. The van der Waals surface area contributed by atoms with Crippen molar-refractivity contribution in [2.24, 2.45) is 5.92 Å². The van der Waals surface area contributed by atoms with Gasteiger partial charge in [0.15, 0.2) is 0 Å². The number of ether oxygens (including phenoxy) is 1. The molecule has 1 aliphatic rings. The topological polar surface area (TPSA) is 83.0 Å². The van der Waals surface area contributed by atoms with Crippen molar-refractivity contribution >= 4 is 10.0 Å². The summed E-state index contributed by atoms with van der Waals surface area (Å²) in [6, 6.07) is 3.75. The van der Waals surface area contributed by atoms with E-state index in [-0.39, 0.29) is 11.7 Å². The van der Waals surface area contributed by atoms with Gasteiger partial charge in [0, 0.05) is 51.4 Å². The minimum absolute atomic E-state index is 0.0398. The second-order valence-electron chi connectivity index (χ2n) is 5.75. The Bertz CT molecular complexity index is 606. The Hall–Kier alpha value is -1.22. The summed E-state index contributed by atoms with van der Waals surface area (Å²) in [5.41, 5.74) is 0.924. The summed E-state index contributed by atoms with van der Waals surface area (Å²) in [5, 5.41) is 10.1. The van der Waals surface area contributed by atoms with E-state index in [9.17, 15) is 13.5 Å². The summed E-state index contributed by atoms with van der Waals surface area (Å²) in [6.45, 7) is 1.56. The smallest absolute Gasteiger partial charge is 0.217 e. The molecule has 0 amide bonds. The second-order valence-corrected chi connectivity index (χ2v) is 7.98. The van der Waals surface area contributed by atoms with Gasteiger partial charge in [-0.05, 0) is 6.07 Å². The summed E-state index contributed by atoms with van der Waals surface area (Å²) in [7, 11) is 1.27. The van der Waals surface area contributed by atoms with Crippen molar-refractivity contribution in [2.75, 3.05) is 40.0 Å². The van der Waals surface area contributed by atoms with E-state index in [1.807, 2.05) is 17.0 Å². The van der Waals surface area contributed by atoms with Crippen LogP contribution in [-0.2, 0) is 16.6 Å². The highest BCUT2D eigenvalue weighted by atomic mass is 32.2. The minimum atomic E-state index is -3.31. The minimum Gasteiger partial charge on any atom is -0.481 e. The Kier molecular flexibility index (Phi) is 5.38. The predicted octanol–water partition coefficient (Wildman–Crippen LogP) is -0.226. The molecule has 22 heavy (non-hydrogen) atoms. The van der Waals surface area contributed by atoms with Gasteiger partial charge in [0.1, 0.15) is 0 Å². The van der Waals surface area contributed by atoms with Gasteiger partial charge in [-0.2, -0.15) is 0 Å². The van der Waals surface area contributed by atoms with Crippen LogP contribution in [0.2, 0.25) is 0 Å². The van der Waals surface area contributed by atoms with Gasteiger partial charge in [-0.1, -0.05) is 6.07 Å². The zero-order valence-electron chi connectivity index (χ0n) is 13.1. The monoisotopic (exact) mass is 329 g/mol. The van der Waals surface area contributed by atoms with Crippen molar-refractivity contribution in [1.82, 2.24) is 14.2 Å². The highest BCUT2D eigenvalue weighted by molar-refractivity contribution is 7.89.